The summed E-state index contributed by atoms with van der Waals surface area (Å²) in [6.07, 6.45) is 1.55. The summed E-state index contributed by atoms with van der Waals surface area (Å²) < 4.78 is 1.22. The molecule has 0 aliphatic heterocycles. The number of para-hydroxylation sites is 1. The Labute approximate surface area is 147 Å². The number of nitrogens with one attached hydrogen (secondary N) is 3. The van der Waals surface area contributed by atoms with Gasteiger partial charge in [0.1, 0.15) is 17.9 Å². The van der Waals surface area contributed by atoms with E-state index in [9.17, 15) is 19.7 Å². The fourth-order valence-electron chi connectivity index (χ4n) is 2.73. The molecule has 0 atom stereocenters. The van der Waals surface area contributed by atoms with Crippen LogP contribution in [0, 0.1) is 24.0 Å². The van der Waals surface area contributed by atoms with Gasteiger partial charge in [-0.05, 0) is 19.9 Å². The van der Waals surface area contributed by atoms with Crippen LogP contribution in [0.4, 0.5) is 5.69 Å². The van der Waals surface area contributed by atoms with Gasteiger partial charge in [0.25, 0.3) is 11.8 Å². The molecule has 0 spiro atoms. The number of hydrogen-bond acceptors (Lipinski definition) is 5. The number of aromatic amines is 1. The molecule has 1 aromatic carbocycles. The highest BCUT2D eigenvalue weighted by molar-refractivity contribution is 6.07. The molecule has 3 aromatic rings. The van der Waals surface area contributed by atoms with Crippen LogP contribution in [0.3, 0.4) is 0 Å². The van der Waals surface area contributed by atoms with Crippen molar-refractivity contribution in [1.82, 2.24) is 25.6 Å². The molecule has 0 aliphatic carbocycles. The van der Waals surface area contributed by atoms with Crippen molar-refractivity contribution >= 4 is 28.4 Å². The minimum absolute atomic E-state index is 0.124. The third kappa shape index (κ3) is 3.11. The van der Waals surface area contributed by atoms with Gasteiger partial charge in [-0.2, -0.15) is 5.10 Å². The lowest BCUT2D eigenvalue weighted by atomic mass is 10.2. The maximum atomic E-state index is 12.2. The van der Waals surface area contributed by atoms with Crippen molar-refractivity contribution in [3.05, 3.63) is 57.5 Å². The molecule has 0 fully saturated rings. The predicted molar refractivity (Wildman–Crippen MR) is 92.3 cm³/mol. The maximum absolute atomic E-state index is 12.2. The van der Waals surface area contributed by atoms with Crippen LogP contribution < -0.4 is 10.9 Å². The first-order valence-electron chi connectivity index (χ1n) is 7.72. The molecule has 134 valence electrons. The van der Waals surface area contributed by atoms with Gasteiger partial charge in [0.05, 0.1) is 10.5 Å². The van der Waals surface area contributed by atoms with Crippen molar-refractivity contribution in [2.45, 2.75) is 20.4 Å². The predicted octanol–water partition coefficient (Wildman–Crippen LogP) is 1.35. The van der Waals surface area contributed by atoms with E-state index in [2.05, 4.69) is 20.9 Å². The zero-order chi connectivity index (χ0) is 18.8. The zero-order valence-corrected chi connectivity index (χ0v) is 14.1. The molecule has 0 bridgehead atoms. The third-order valence-electron chi connectivity index (χ3n) is 3.97. The van der Waals surface area contributed by atoms with Crippen LogP contribution in [0.25, 0.3) is 10.9 Å². The van der Waals surface area contributed by atoms with E-state index in [1.54, 1.807) is 18.3 Å². The Kier molecular flexibility index (Phi) is 4.40. The lowest BCUT2D eigenvalue weighted by molar-refractivity contribution is -0.386. The number of benzene rings is 1. The van der Waals surface area contributed by atoms with Gasteiger partial charge in [0.15, 0.2) is 0 Å². The summed E-state index contributed by atoms with van der Waals surface area (Å²) in [6.45, 7) is 2.75. The van der Waals surface area contributed by atoms with Gasteiger partial charge < -0.3 is 4.98 Å². The lowest BCUT2D eigenvalue weighted by Crippen LogP contribution is -2.43. The number of hydrazine groups is 1. The number of nitrogens with zero attached hydrogens (tertiary/aromatic N) is 3. The molecule has 0 saturated heterocycles. The first-order valence-corrected chi connectivity index (χ1v) is 7.72. The number of rotatable bonds is 4. The van der Waals surface area contributed by atoms with Gasteiger partial charge >= 0.3 is 5.69 Å². The Morgan fingerprint density at radius 1 is 1.27 bits per heavy atom. The Bertz CT molecular complexity index is 1020. The smallest absolute Gasteiger partial charge is 0.312 e. The number of carbonyl (C=O) groups excluding carboxylic acids is 2. The van der Waals surface area contributed by atoms with E-state index in [4.69, 9.17) is 0 Å². The van der Waals surface area contributed by atoms with Crippen molar-refractivity contribution in [1.29, 1.82) is 0 Å². The SMILES string of the molecule is Cc1nn(CC(=O)NNC(=O)c2c[nH]c3ccccc23)c(C)c1[N+](=O)[O-]. The van der Waals surface area contributed by atoms with E-state index in [0.717, 1.165) is 10.9 Å². The second-order valence-electron chi connectivity index (χ2n) is 5.68. The van der Waals surface area contributed by atoms with Crippen LogP contribution in [0.5, 0.6) is 0 Å². The number of H-pyrrole nitrogens is 1. The molecule has 2 aromatic heterocycles. The number of nitro groups is 1. The number of aromatic nitrogens is 3. The molecule has 2 heterocycles. The van der Waals surface area contributed by atoms with Crippen LogP contribution >= 0.6 is 0 Å². The Hall–Kier alpha value is -3.69. The highest BCUT2D eigenvalue weighted by Crippen LogP contribution is 2.21. The average Bonchev–Trinajstić information content (AvgIpc) is 3.14. The van der Waals surface area contributed by atoms with Crippen molar-refractivity contribution in [2.24, 2.45) is 0 Å². The molecule has 2 amide bonds. The number of fused-ring (bicyclic) bond motifs is 1. The first kappa shape index (κ1) is 17.1. The molecule has 0 radical (unpaired) electrons. The monoisotopic (exact) mass is 356 g/mol. The molecule has 3 N–H and O–H groups in total. The van der Waals surface area contributed by atoms with E-state index >= 15 is 0 Å². The molecule has 3 rings (SSSR count). The van der Waals surface area contributed by atoms with E-state index in [1.165, 1.54) is 18.5 Å². The van der Waals surface area contributed by atoms with E-state index in [-0.39, 0.29) is 23.6 Å². The number of hydrogen-bond donors (Lipinski definition) is 3. The zero-order valence-electron chi connectivity index (χ0n) is 14.1. The molecule has 0 aliphatic rings. The minimum atomic E-state index is -0.557. The van der Waals surface area contributed by atoms with Crippen molar-refractivity contribution < 1.29 is 14.5 Å². The van der Waals surface area contributed by atoms with Crippen LogP contribution in [-0.2, 0) is 11.3 Å². The summed E-state index contributed by atoms with van der Waals surface area (Å²) in [6, 6.07) is 7.27. The van der Waals surface area contributed by atoms with Gasteiger partial charge in [-0.1, -0.05) is 18.2 Å². The first-order chi connectivity index (χ1) is 12.4. The highest BCUT2D eigenvalue weighted by atomic mass is 16.6. The quantitative estimate of drug-likeness (QED) is 0.479. The fourth-order valence-corrected chi connectivity index (χ4v) is 2.73. The Morgan fingerprint density at radius 3 is 2.69 bits per heavy atom. The summed E-state index contributed by atoms with van der Waals surface area (Å²) in [5.41, 5.74) is 6.18. The summed E-state index contributed by atoms with van der Waals surface area (Å²) in [5.74, 6) is -1.03. The van der Waals surface area contributed by atoms with Crippen LogP contribution in [-0.4, -0.2) is 31.5 Å². The van der Waals surface area contributed by atoms with Crippen molar-refractivity contribution in [2.75, 3.05) is 0 Å². The largest absolute Gasteiger partial charge is 0.360 e. The third-order valence-corrected chi connectivity index (χ3v) is 3.97. The second kappa shape index (κ2) is 6.67. The Morgan fingerprint density at radius 2 is 2.00 bits per heavy atom. The van der Waals surface area contributed by atoms with Crippen molar-refractivity contribution in [3.63, 3.8) is 0 Å². The molecule has 0 unspecified atom stereocenters. The molecule has 10 heteroatoms. The summed E-state index contributed by atoms with van der Waals surface area (Å²) in [7, 11) is 0. The lowest BCUT2D eigenvalue weighted by Gasteiger charge is -2.07. The van der Waals surface area contributed by atoms with Crippen LogP contribution in [0.15, 0.2) is 30.5 Å². The maximum Gasteiger partial charge on any atom is 0.312 e. The highest BCUT2D eigenvalue weighted by Gasteiger charge is 2.23. The summed E-state index contributed by atoms with van der Waals surface area (Å²) >= 11 is 0. The standard InChI is InChI=1S/C16H16N6O4/c1-9-15(22(25)26)10(2)21(20-9)8-14(23)18-19-16(24)12-7-17-13-6-4-3-5-11(12)13/h3-7,17H,8H2,1-2H3,(H,18,23)(H,19,24). The molecular formula is C16H16N6O4. The Balaban J connectivity index is 1.65. The molecule has 0 saturated carbocycles. The van der Waals surface area contributed by atoms with Gasteiger partial charge in [0.2, 0.25) is 0 Å². The minimum Gasteiger partial charge on any atom is -0.360 e. The van der Waals surface area contributed by atoms with Crippen LogP contribution in [0.2, 0.25) is 0 Å². The van der Waals surface area contributed by atoms with Gasteiger partial charge in [0, 0.05) is 17.1 Å². The van der Waals surface area contributed by atoms with Gasteiger partial charge in [-0.15, -0.1) is 0 Å². The number of aryl methyl sites for hydroxylation is 1. The summed E-state index contributed by atoms with van der Waals surface area (Å²) in [4.78, 5) is 37.7. The topological polar surface area (TPSA) is 135 Å². The fraction of sp³-hybridized carbons (Fsp3) is 0.188. The molecule has 10 nitrogen and oxygen atoms in total. The van der Waals surface area contributed by atoms with Gasteiger partial charge in [-0.25, -0.2) is 0 Å². The average molecular weight is 356 g/mol. The van der Waals surface area contributed by atoms with E-state index in [0.29, 0.717) is 5.56 Å². The van der Waals surface area contributed by atoms with Gasteiger partial charge in [-0.3, -0.25) is 35.2 Å². The molecule has 26 heavy (non-hydrogen) atoms. The van der Waals surface area contributed by atoms with E-state index < -0.39 is 16.7 Å². The summed E-state index contributed by atoms with van der Waals surface area (Å²) in [5, 5.41) is 15.7. The van der Waals surface area contributed by atoms with E-state index in [1.807, 2.05) is 12.1 Å². The van der Waals surface area contributed by atoms with Crippen LogP contribution in [0.1, 0.15) is 21.7 Å². The molecular weight excluding hydrogens is 340 g/mol. The second-order valence-corrected chi connectivity index (χ2v) is 5.68. The number of carbonyl (C=O) groups is 2. The number of amides is 2. The normalized spacial score (nSPS) is 10.7. The van der Waals surface area contributed by atoms with Crippen molar-refractivity contribution in [3.8, 4) is 0 Å².